The van der Waals surface area contributed by atoms with Crippen LogP contribution in [0.15, 0.2) is 0 Å². The highest BCUT2D eigenvalue weighted by Gasteiger charge is 2.62. The molecule has 4 heteroatoms. The van der Waals surface area contributed by atoms with Gasteiger partial charge >= 0.3 is 0 Å². The highest BCUT2D eigenvalue weighted by Crippen LogP contribution is 2.69. The Morgan fingerprint density at radius 3 is 2.19 bits per heavy atom. The number of hydrogen-bond donors (Lipinski definition) is 2. The first-order valence-electron chi connectivity index (χ1n) is 12.9. The smallest absolute Gasteiger partial charge is 0.275 e. The van der Waals surface area contributed by atoms with Gasteiger partial charge in [-0.05, 0) is 125 Å². The third-order valence-electron chi connectivity index (χ3n) is 11.2. The fourth-order valence-corrected chi connectivity index (χ4v) is 9.20. The van der Waals surface area contributed by atoms with Crippen molar-refractivity contribution < 1.29 is 19.0 Å². The zero-order valence-electron chi connectivity index (χ0n) is 20.7. The number of alkyl halides is 2. The Hall–Kier alpha value is -0.220. The normalized spacial score (nSPS) is 49.2. The van der Waals surface area contributed by atoms with Gasteiger partial charge in [-0.15, -0.1) is 0 Å². The van der Waals surface area contributed by atoms with Crippen LogP contribution >= 0.6 is 0 Å². The van der Waals surface area contributed by atoms with Crippen LogP contribution in [0.4, 0.5) is 8.78 Å². The summed E-state index contributed by atoms with van der Waals surface area (Å²) in [4.78, 5) is 0. The number of rotatable bonds is 4. The molecule has 9 atom stereocenters. The molecule has 4 rings (SSSR count). The van der Waals surface area contributed by atoms with E-state index in [-0.39, 0.29) is 17.8 Å². The lowest BCUT2D eigenvalue weighted by Crippen LogP contribution is -2.55. The number of aliphatic hydroxyl groups is 2. The molecule has 0 amide bonds. The second kappa shape index (κ2) is 7.39. The van der Waals surface area contributed by atoms with Crippen molar-refractivity contribution in [3.63, 3.8) is 0 Å². The summed E-state index contributed by atoms with van der Waals surface area (Å²) in [6.45, 7) is 11.4. The van der Waals surface area contributed by atoms with Crippen LogP contribution in [0.3, 0.4) is 0 Å². The topological polar surface area (TPSA) is 40.5 Å². The van der Waals surface area contributed by atoms with Crippen LogP contribution in [-0.2, 0) is 0 Å². The first kappa shape index (κ1) is 23.9. The molecule has 0 spiro atoms. The van der Waals surface area contributed by atoms with Crippen LogP contribution < -0.4 is 0 Å². The standard InChI is InChI=1S/C27H46F2O2/c1-17(15-27(28,29)23(2,3)30)20-9-10-21-19-8-7-18-16-24(4,31)13-14-25(18,5)22(19)11-12-26(20,21)6/h17-22,30-31H,7-16H2,1-6H3. The zero-order valence-corrected chi connectivity index (χ0v) is 20.7. The van der Waals surface area contributed by atoms with E-state index in [4.69, 9.17) is 0 Å². The Morgan fingerprint density at radius 2 is 1.55 bits per heavy atom. The monoisotopic (exact) mass is 440 g/mol. The van der Waals surface area contributed by atoms with Gasteiger partial charge in [-0.2, -0.15) is 0 Å². The van der Waals surface area contributed by atoms with Crippen LogP contribution in [-0.4, -0.2) is 27.3 Å². The van der Waals surface area contributed by atoms with Crippen LogP contribution in [0.1, 0.15) is 106 Å². The molecule has 180 valence electrons. The lowest BCUT2D eigenvalue weighted by atomic mass is 9.43. The Morgan fingerprint density at radius 1 is 0.903 bits per heavy atom. The van der Waals surface area contributed by atoms with Gasteiger partial charge in [0.1, 0.15) is 5.60 Å². The van der Waals surface area contributed by atoms with Crippen molar-refractivity contribution in [2.24, 2.45) is 46.3 Å². The predicted molar refractivity (Wildman–Crippen MR) is 121 cm³/mol. The molecule has 2 nitrogen and oxygen atoms in total. The van der Waals surface area contributed by atoms with E-state index in [1.165, 1.54) is 39.5 Å². The molecule has 4 saturated carbocycles. The van der Waals surface area contributed by atoms with Gasteiger partial charge in [0, 0.05) is 6.42 Å². The molecule has 2 N–H and O–H groups in total. The molecule has 0 aromatic carbocycles. The van der Waals surface area contributed by atoms with Gasteiger partial charge in [0.2, 0.25) is 0 Å². The molecule has 4 aliphatic carbocycles. The fourth-order valence-electron chi connectivity index (χ4n) is 9.20. The summed E-state index contributed by atoms with van der Waals surface area (Å²) in [5, 5.41) is 20.7. The molecule has 0 saturated heterocycles. The predicted octanol–water partition coefficient (Wildman–Crippen LogP) is 6.83. The zero-order chi connectivity index (χ0) is 23.0. The summed E-state index contributed by atoms with van der Waals surface area (Å²) in [6, 6.07) is 0. The second-order valence-electron chi connectivity index (χ2n) is 13.5. The van der Waals surface area contributed by atoms with Gasteiger partial charge in [-0.3, -0.25) is 0 Å². The minimum Gasteiger partial charge on any atom is -0.390 e. The number of hydrogen-bond acceptors (Lipinski definition) is 2. The van der Waals surface area contributed by atoms with Gasteiger partial charge in [0.05, 0.1) is 5.60 Å². The third-order valence-corrected chi connectivity index (χ3v) is 11.2. The summed E-state index contributed by atoms with van der Waals surface area (Å²) in [6.07, 6.45) is 9.86. The molecule has 4 fully saturated rings. The lowest BCUT2D eigenvalue weighted by Gasteiger charge is -2.62. The first-order valence-corrected chi connectivity index (χ1v) is 12.9. The Labute approximate surface area is 188 Å². The molecule has 9 unspecified atom stereocenters. The maximum atomic E-state index is 14.7. The lowest BCUT2D eigenvalue weighted by molar-refractivity contribution is -0.179. The largest absolute Gasteiger partial charge is 0.390 e. The number of halogens is 2. The van der Waals surface area contributed by atoms with Crippen molar-refractivity contribution >= 4 is 0 Å². The van der Waals surface area contributed by atoms with Crippen molar-refractivity contribution in [2.75, 3.05) is 0 Å². The summed E-state index contributed by atoms with van der Waals surface area (Å²) in [5.41, 5.74) is -1.98. The van der Waals surface area contributed by atoms with Crippen molar-refractivity contribution in [3.8, 4) is 0 Å². The van der Waals surface area contributed by atoms with Crippen molar-refractivity contribution in [1.82, 2.24) is 0 Å². The van der Waals surface area contributed by atoms with E-state index in [9.17, 15) is 19.0 Å². The van der Waals surface area contributed by atoms with Crippen LogP contribution in [0.25, 0.3) is 0 Å². The minimum absolute atomic E-state index is 0.0790. The molecule has 4 aliphatic rings. The molecular weight excluding hydrogens is 394 g/mol. The van der Waals surface area contributed by atoms with Gasteiger partial charge < -0.3 is 10.2 Å². The number of fused-ring (bicyclic) bond motifs is 5. The molecule has 0 aromatic rings. The quantitative estimate of drug-likeness (QED) is 0.503. The molecular formula is C27H46F2O2. The van der Waals surface area contributed by atoms with E-state index in [1.54, 1.807) is 0 Å². The Balaban J connectivity index is 1.52. The fraction of sp³-hybridized carbons (Fsp3) is 1.00. The maximum Gasteiger partial charge on any atom is 0.275 e. The molecule has 31 heavy (non-hydrogen) atoms. The second-order valence-corrected chi connectivity index (χ2v) is 13.5. The molecule has 0 bridgehead atoms. The molecule has 0 aliphatic heterocycles. The van der Waals surface area contributed by atoms with Gasteiger partial charge in [-0.1, -0.05) is 20.8 Å². The van der Waals surface area contributed by atoms with Crippen molar-refractivity contribution in [1.29, 1.82) is 0 Å². The highest BCUT2D eigenvalue weighted by atomic mass is 19.3. The summed E-state index contributed by atoms with van der Waals surface area (Å²) in [5.74, 6) is -0.0859. The van der Waals surface area contributed by atoms with Crippen LogP contribution in [0, 0.1) is 46.3 Å². The van der Waals surface area contributed by atoms with Gasteiger partial charge in [0.15, 0.2) is 0 Å². The Bertz CT molecular complexity index is 683. The van der Waals surface area contributed by atoms with E-state index in [0.29, 0.717) is 23.2 Å². The van der Waals surface area contributed by atoms with E-state index < -0.39 is 17.1 Å². The summed E-state index contributed by atoms with van der Waals surface area (Å²) in [7, 11) is 0. The van der Waals surface area contributed by atoms with Crippen LogP contribution in [0.5, 0.6) is 0 Å². The summed E-state index contributed by atoms with van der Waals surface area (Å²) < 4.78 is 29.4. The van der Waals surface area contributed by atoms with E-state index in [1.807, 2.05) is 13.8 Å². The SMILES string of the molecule is CC(CC(F)(F)C(C)(C)O)C1CCC2C3CCC4CC(C)(O)CCC4(C)C3CCC12C. The highest BCUT2D eigenvalue weighted by molar-refractivity contribution is 5.11. The third kappa shape index (κ3) is 3.80. The van der Waals surface area contributed by atoms with Crippen molar-refractivity contribution in [2.45, 2.75) is 123 Å². The van der Waals surface area contributed by atoms with E-state index >= 15 is 0 Å². The molecule has 0 radical (unpaired) electrons. The van der Waals surface area contributed by atoms with Gasteiger partial charge in [0.25, 0.3) is 5.92 Å². The molecule has 0 aromatic heterocycles. The van der Waals surface area contributed by atoms with Crippen LogP contribution in [0.2, 0.25) is 0 Å². The molecule has 0 heterocycles. The first-order chi connectivity index (χ1) is 14.1. The summed E-state index contributed by atoms with van der Waals surface area (Å²) >= 11 is 0. The maximum absolute atomic E-state index is 14.7. The average molecular weight is 441 g/mol. The van der Waals surface area contributed by atoms with E-state index in [2.05, 4.69) is 13.8 Å². The average Bonchev–Trinajstić information content (AvgIpc) is 2.98. The Kier molecular flexibility index (Phi) is 5.70. The van der Waals surface area contributed by atoms with E-state index in [0.717, 1.165) is 43.9 Å². The minimum atomic E-state index is -3.05. The van der Waals surface area contributed by atoms with Crippen molar-refractivity contribution in [3.05, 3.63) is 0 Å². The van der Waals surface area contributed by atoms with Gasteiger partial charge in [-0.25, -0.2) is 8.78 Å².